The van der Waals surface area contributed by atoms with Crippen LogP contribution in [-0.2, 0) is 10.0 Å². The predicted octanol–water partition coefficient (Wildman–Crippen LogP) is 4.80. The predicted molar refractivity (Wildman–Crippen MR) is 112 cm³/mol. The molecular weight excluding hydrogens is 391 g/mol. The van der Waals surface area contributed by atoms with Gasteiger partial charge in [-0.3, -0.25) is 9.52 Å². The Hall–Kier alpha value is -3.19. The third-order valence-electron chi connectivity index (χ3n) is 4.38. The van der Waals surface area contributed by atoms with Crippen molar-refractivity contribution < 1.29 is 17.6 Å². The van der Waals surface area contributed by atoms with Gasteiger partial charge >= 0.3 is 0 Å². The van der Waals surface area contributed by atoms with E-state index >= 15 is 0 Å². The molecule has 0 unspecified atom stereocenters. The molecule has 0 saturated heterocycles. The van der Waals surface area contributed by atoms with E-state index in [9.17, 15) is 17.6 Å². The molecule has 5 nitrogen and oxygen atoms in total. The Morgan fingerprint density at radius 3 is 2.31 bits per heavy atom. The van der Waals surface area contributed by atoms with Crippen molar-refractivity contribution in [2.75, 3.05) is 10.0 Å². The smallest absolute Gasteiger partial charge is 0.262 e. The number of carbonyl (C=O) groups excluding carboxylic acids is 1. The lowest BCUT2D eigenvalue weighted by molar-refractivity contribution is 0.102. The van der Waals surface area contributed by atoms with E-state index in [2.05, 4.69) is 10.0 Å². The number of rotatable bonds is 5. The van der Waals surface area contributed by atoms with Crippen molar-refractivity contribution in [3.63, 3.8) is 0 Å². The van der Waals surface area contributed by atoms with Crippen LogP contribution in [0.3, 0.4) is 0 Å². The maximum Gasteiger partial charge on any atom is 0.262 e. The van der Waals surface area contributed by atoms with Crippen LogP contribution in [0.25, 0.3) is 0 Å². The quantitative estimate of drug-likeness (QED) is 0.632. The van der Waals surface area contributed by atoms with Crippen LogP contribution in [-0.4, -0.2) is 14.3 Å². The third-order valence-corrected chi connectivity index (χ3v) is 5.91. The molecule has 150 valence electrons. The molecule has 7 heteroatoms. The number of anilines is 2. The monoisotopic (exact) mass is 412 g/mol. The first kappa shape index (κ1) is 20.5. The van der Waals surface area contributed by atoms with Crippen molar-refractivity contribution in [1.29, 1.82) is 0 Å². The van der Waals surface area contributed by atoms with Crippen molar-refractivity contribution in [2.24, 2.45) is 0 Å². The highest BCUT2D eigenvalue weighted by atomic mass is 32.2. The van der Waals surface area contributed by atoms with Crippen LogP contribution in [0.5, 0.6) is 0 Å². The zero-order chi connectivity index (χ0) is 21.2. The molecule has 0 fully saturated rings. The van der Waals surface area contributed by atoms with E-state index in [4.69, 9.17) is 0 Å². The summed E-state index contributed by atoms with van der Waals surface area (Å²) < 4.78 is 42.0. The van der Waals surface area contributed by atoms with E-state index in [0.29, 0.717) is 5.56 Å². The van der Waals surface area contributed by atoms with Crippen LogP contribution in [0.1, 0.15) is 27.0 Å². The lowest BCUT2D eigenvalue weighted by atomic mass is 10.1. The van der Waals surface area contributed by atoms with E-state index in [-0.39, 0.29) is 21.8 Å². The molecule has 0 atom stereocenters. The molecule has 3 rings (SSSR count). The fraction of sp³-hybridized carbons (Fsp3) is 0.136. The van der Waals surface area contributed by atoms with Gasteiger partial charge < -0.3 is 5.32 Å². The molecule has 29 heavy (non-hydrogen) atoms. The van der Waals surface area contributed by atoms with Gasteiger partial charge in [0.1, 0.15) is 5.82 Å². The topological polar surface area (TPSA) is 75.3 Å². The molecule has 1 amide bonds. The van der Waals surface area contributed by atoms with Gasteiger partial charge in [0.25, 0.3) is 15.9 Å². The summed E-state index contributed by atoms with van der Waals surface area (Å²) in [7, 11) is -3.82. The minimum absolute atomic E-state index is 0.0574. The highest BCUT2D eigenvalue weighted by Crippen LogP contribution is 2.22. The van der Waals surface area contributed by atoms with Crippen LogP contribution in [0, 0.1) is 26.6 Å². The molecule has 0 aliphatic heterocycles. The minimum atomic E-state index is -3.82. The number of halogens is 1. The molecule has 0 spiro atoms. The number of hydrogen-bond acceptors (Lipinski definition) is 3. The van der Waals surface area contributed by atoms with Crippen molar-refractivity contribution in [1.82, 2.24) is 0 Å². The highest BCUT2D eigenvalue weighted by molar-refractivity contribution is 7.92. The van der Waals surface area contributed by atoms with Gasteiger partial charge in [-0.1, -0.05) is 24.3 Å². The van der Waals surface area contributed by atoms with Crippen LogP contribution >= 0.6 is 0 Å². The molecule has 0 bridgehead atoms. The molecule has 0 aliphatic rings. The van der Waals surface area contributed by atoms with E-state index in [1.165, 1.54) is 24.3 Å². The van der Waals surface area contributed by atoms with E-state index in [0.717, 1.165) is 11.1 Å². The summed E-state index contributed by atoms with van der Waals surface area (Å²) in [4.78, 5) is 12.7. The fourth-order valence-electron chi connectivity index (χ4n) is 2.85. The third kappa shape index (κ3) is 4.81. The van der Waals surface area contributed by atoms with Crippen molar-refractivity contribution in [3.8, 4) is 0 Å². The zero-order valence-corrected chi connectivity index (χ0v) is 17.1. The normalized spacial score (nSPS) is 11.2. The number of hydrogen-bond donors (Lipinski definition) is 2. The number of aryl methyl sites for hydroxylation is 3. The highest BCUT2D eigenvalue weighted by Gasteiger charge is 2.18. The molecular formula is C22H21FN2O3S. The SMILES string of the molecule is Cc1ccc(NC(=O)c2cccc(NS(=O)(=O)c3cc(C)ccc3C)c2)c(F)c1. The largest absolute Gasteiger partial charge is 0.319 e. The first-order valence-electron chi connectivity index (χ1n) is 8.93. The Balaban J connectivity index is 1.83. The molecule has 0 aliphatic carbocycles. The maximum atomic E-state index is 14.0. The van der Waals surface area contributed by atoms with Gasteiger partial charge in [-0.05, 0) is 73.9 Å². The van der Waals surface area contributed by atoms with Gasteiger partial charge in [0.15, 0.2) is 0 Å². The molecule has 0 heterocycles. The van der Waals surface area contributed by atoms with Gasteiger partial charge in [0.2, 0.25) is 0 Å². The Morgan fingerprint density at radius 1 is 0.897 bits per heavy atom. The van der Waals surface area contributed by atoms with Gasteiger partial charge in [0.05, 0.1) is 10.6 Å². The first-order valence-corrected chi connectivity index (χ1v) is 10.4. The molecule has 2 N–H and O–H groups in total. The summed E-state index contributed by atoms with van der Waals surface area (Å²) in [6.07, 6.45) is 0. The summed E-state index contributed by atoms with van der Waals surface area (Å²) in [5, 5.41) is 2.50. The second kappa shape index (κ2) is 8.05. The van der Waals surface area contributed by atoms with Crippen LogP contribution in [0.2, 0.25) is 0 Å². The lowest BCUT2D eigenvalue weighted by Gasteiger charge is -2.12. The Kier molecular flexibility index (Phi) is 5.70. The molecule has 0 saturated carbocycles. The van der Waals surface area contributed by atoms with E-state index in [1.807, 2.05) is 13.0 Å². The molecule has 0 radical (unpaired) electrons. The summed E-state index contributed by atoms with van der Waals surface area (Å²) in [6.45, 7) is 5.28. The van der Waals surface area contributed by atoms with E-state index in [1.54, 1.807) is 44.2 Å². The number of carbonyl (C=O) groups is 1. The summed E-state index contributed by atoms with van der Waals surface area (Å²) in [5.74, 6) is -1.08. The second-order valence-electron chi connectivity index (χ2n) is 6.89. The summed E-state index contributed by atoms with van der Waals surface area (Å²) >= 11 is 0. The molecule has 3 aromatic rings. The number of amides is 1. The fourth-order valence-corrected chi connectivity index (χ4v) is 4.23. The Bertz CT molecular complexity index is 1190. The number of sulfonamides is 1. The van der Waals surface area contributed by atoms with Gasteiger partial charge in [-0.25, -0.2) is 12.8 Å². The average molecular weight is 412 g/mol. The van der Waals surface area contributed by atoms with Crippen molar-refractivity contribution in [3.05, 3.63) is 88.7 Å². The van der Waals surface area contributed by atoms with Gasteiger partial charge in [0, 0.05) is 11.3 Å². The van der Waals surface area contributed by atoms with Gasteiger partial charge in [-0.2, -0.15) is 0 Å². The summed E-state index contributed by atoms with van der Waals surface area (Å²) in [6, 6.07) is 15.7. The summed E-state index contributed by atoms with van der Waals surface area (Å²) in [5.41, 5.74) is 2.68. The van der Waals surface area contributed by atoms with Gasteiger partial charge in [-0.15, -0.1) is 0 Å². The lowest BCUT2D eigenvalue weighted by Crippen LogP contribution is -2.16. The van der Waals surface area contributed by atoms with Crippen LogP contribution in [0.15, 0.2) is 65.6 Å². The minimum Gasteiger partial charge on any atom is -0.319 e. The number of benzene rings is 3. The second-order valence-corrected chi connectivity index (χ2v) is 8.54. The standard InChI is InChI=1S/C22H21FN2O3S/c1-14-8-10-20(19(23)11-14)24-22(26)17-5-4-6-18(13-17)25-29(27,28)21-12-15(2)7-9-16(21)3/h4-13,25H,1-3H3,(H,24,26). The Labute approximate surface area is 169 Å². The first-order chi connectivity index (χ1) is 13.7. The average Bonchev–Trinajstić information content (AvgIpc) is 2.65. The van der Waals surface area contributed by atoms with E-state index < -0.39 is 21.7 Å². The maximum absolute atomic E-state index is 14.0. The number of nitrogens with one attached hydrogen (secondary N) is 2. The zero-order valence-electron chi connectivity index (χ0n) is 16.3. The molecule has 0 aromatic heterocycles. The molecule has 3 aromatic carbocycles. The van der Waals surface area contributed by atoms with Crippen molar-refractivity contribution in [2.45, 2.75) is 25.7 Å². The Morgan fingerprint density at radius 2 is 1.59 bits per heavy atom. The van der Waals surface area contributed by atoms with Crippen molar-refractivity contribution >= 4 is 27.3 Å². The van der Waals surface area contributed by atoms with Crippen LogP contribution < -0.4 is 10.0 Å². The van der Waals surface area contributed by atoms with Crippen LogP contribution in [0.4, 0.5) is 15.8 Å².